The zero-order valence-corrected chi connectivity index (χ0v) is 18.8. The van der Waals surface area contributed by atoms with Crippen molar-refractivity contribution >= 4 is 27.9 Å². The summed E-state index contributed by atoms with van der Waals surface area (Å²) < 4.78 is 2.32. The van der Waals surface area contributed by atoms with Crippen LogP contribution >= 0.6 is 0 Å². The van der Waals surface area contributed by atoms with Gasteiger partial charge in [-0.3, -0.25) is 4.98 Å². The zero-order chi connectivity index (χ0) is 19.1. The summed E-state index contributed by atoms with van der Waals surface area (Å²) in [6.45, 7) is 0. The van der Waals surface area contributed by atoms with Gasteiger partial charge in [0.05, 0.1) is 16.6 Å². The fraction of sp³-hybridized carbons (Fsp3) is 0.261. The SMILES string of the molecule is O=C(O)c1ccc2c(c1)nc(-c1ccc3c[c-]cnc3c1)n2C1CCCCC1.[Y]. The van der Waals surface area contributed by atoms with Crippen LogP contribution in [0, 0.1) is 6.07 Å². The number of rotatable bonds is 3. The Labute approximate surface area is 194 Å². The minimum atomic E-state index is -0.929. The van der Waals surface area contributed by atoms with E-state index >= 15 is 0 Å². The predicted octanol–water partition coefficient (Wildman–Crippen LogP) is 5.25. The van der Waals surface area contributed by atoms with E-state index in [1.54, 1.807) is 18.3 Å². The van der Waals surface area contributed by atoms with Gasteiger partial charge in [-0.2, -0.15) is 0 Å². The van der Waals surface area contributed by atoms with Crippen LogP contribution in [-0.4, -0.2) is 25.6 Å². The fourth-order valence-electron chi connectivity index (χ4n) is 4.29. The van der Waals surface area contributed by atoms with Gasteiger partial charge in [0, 0.05) is 44.3 Å². The fourth-order valence-corrected chi connectivity index (χ4v) is 4.29. The second kappa shape index (κ2) is 8.33. The summed E-state index contributed by atoms with van der Waals surface area (Å²) in [6, 6.07) is 16.7. The van der Waals surface area contributed by atoms with Gasteiger partial charge in [-0.25, -0.2) is 21.9 Å². The largest absolute Gasteiger partial charge is 0.478 e. The van der Waals surface area contributed by atoms with Gasteiger partial charge in [0.25, 0.3) is 0 Å². The number of carboxylic acids is 1. The van der Waals surface area contributed by atoms with E-state index in [-0.39, 0.29) is 38.3 Å². The Bertz CT molecular complexity index is 1200. The van der Waals surface area contributed by atoms with E-state index in [9.17, 15) is 9.90 Å². The van der Waals surface area contributed by atoms with Crippen molar-refractivity contribution in [3.05, 3.63) is 60.3 Å². The van der Waals surface area contributed by atoms with Gasteiger partial charge >= 0.3 is 5.97 Å². The molecule has 0 saturated heterocycles. The van der Waals surface area contributed by atoms with Crippen LogP contribution in [0.4, 0.5) is 0 Å². The summed E-state index contributed by atoms with van der Waals surface area (Å²) >= 11 is 0. The summed E-state index contributed by atoms with van der Waals surface area (Å²) in [5.41, 5.74) is 3.91. The molecule has 1 N–H and O–H groups in total. The minimum Gasteiger partial charge on any atom is -0.478 e. The molecular formula is C23H20N3O2Y-. The molecule has 0 unspecified atom stereocenters. The van der Waals surface area contributed by atoms with Crippen LogP contribution in [0.1, 0.15) is 48.5 Å². The number of aromatic carboxylic acids is 1. The Morgan fingerprint density at radius 3 is 2.69 bits per heavy atom. The second-order valence-corrected chi connectivity index (χ2v) is 7.45. The van der Waals surface area contributed by atoms with Crippen molar-refractivity contribution in [3.8, 4) is 11.4 Å². The van der Waals surface area contributed by atoms with Gasteiger partial charge < -0.3 is 9.67 Å². The van der Waals surface area contributed by atoms with Crippen LogP contribution in [-0.2, 0) is 32.7 Å². The third kappa shape index (κ3) is 3.74. The molecule has 5 nitrogen and oxygen atoms in total. The predicted molar refractivity (Wildman–Crippen MR) is 108 cm³/mol. The number of imidazole rings is 1. The first-order valence-electron chi connectivity index (χ1n) is 9.72. The molecule has 143 valence electrons. The summed E-state index contributed by atoms with van der Waals surface area (Å²) in [7, 11) is 0. The smallest absolute Gasteiger partial charge is 0.335 e. The Hall–Kier alpha value is -2.11. The quantitative estimate of drug-likeness (QED) is 0.425. The summed E-state index contributed by atoms with van der Waals surface area (Å²) in [4.78, 5) is 20.7. The molecule has 2 heterocycles. The van der Waals surface area contributed by atoms with Crippen molar-refractivity contribution in [2.24, 2.45) is 0 Å². The third-order valence-electron chi connectivity index (χ3n) is 5.68. The van der Waals surface area contributed by atoms with Crippen LogP contribution in [0.2, 0.25) is 0 Å². The van der Waals surface area contributed by atoms with Gasteiger partial charge in [0.2, 0.25) is 0 Å². The number of nitrogens with zero attached hydrogens (tertiary/aromatic N) is 3. The van der Waals surface area contributed by atoms with Crippen molar-refractivity contribution < 1.29 is 42.6 Å². The number of carboxylic acid groups (broad SMARTS) is 1. The molecule has 0 aliphatic heterocycles. The van der Waals surface area contributed by atoms with Crippen LogP contribution in [0.3, 0.4) is 0 Å². The molecular weight excluding hydrogens is 439 g/mol. The Morgan fingerprint density at radius 2 is 1.90 bits per heavy atom. The first-order chi connectivity index (χ1) is 13.7. The third-order valence-corrected chi connectivity index (χ3v) is 5.68. The molecule has 6 heteroatoms. The Balaban J connectivity index is 0.00000205. The van der Waals surface area contributed by atoms with Crippen LogP contribution in [0.5, 0.6) is 0 Å². The Kier molecular flexibility index (Phi) is 5.80. The van der Waals surface area contributed by atoms with Gasteiger partial charge in [0.15, 0.2) is 0 Å². The molecule has 2 aromatic carbocycles. The molecule has 1 radical (unpaired) electrons. The van der Waals surface area contributed by atoms with E-state index in [1.165, 1.54) is 19.3 Å². The van der Waals surface area contributed by atoms with Gasteiger partial charge in [-0.15, -0.1) is 11.5 Å². The molecule has 0 atom stereocenters. The van der Waals surface area contributed by atoms with Crippen molar-refractivity contribution in [3.63, 3.8) is 0 Å². The maximum Gasteiger partial charge on any atom is 0.335 e. The van der Waals surface area contributed by atoms with Crippen molar-refractivity contribution in [2.75, 3.05) is 0 Å². The van der Waals surface area contributed by atoms with Gasteiger partial charge in [0.1, 0.15) is 5.82 Å². The number of fused-ring (bicyclic) bond motifs is 2. The molecule has 1 fully saturated rings. The van der Waals surface area contributed by atoms with E-state index < -0.39 is 5.97 Å². The Morgan fingerprint density at radius 1 is 1.07 bits per heavy atom. The molecule has 2 aromatic heterocycles. The molecule has 5 rings (SSSR count). The maximum atomic E-state index is 11.4. The normalized spacial score (nSPS) is 14.8. The van der Waals surface area contributed by atoms with Crippen LogP contribution < -0.4 is 0 Å². The molecule has 0 spiro atoms. The maximum absolute atomic E-state index is 11.4. The van der Waals surface area contributed by atoms with Crippen molar-refractivity contribution in [1.82, 2.24) is 14.5 Å². The summed E-state index contributed by atoms with van der Waals surface area (Å²) in [5, 5.41) is 10.4. The average Bonchev–Trinajstić information content (AvgIpc) is 3.12. The monoisotopic (exact) mass is 459 g/mol. The molecule has 1 aliphatic rings. The zero-order valence-electron chi connectivity index (χ0n) is 16.0. The molecule has 1 aliphatic carbocycles. The molecule has 29 heavy (non-hydrogen) atoms. The van der Waals surface area contributed by atoms with Crippen LogP contribution in [0.25, 0.3) is 33.3 Å². The van der Waals surface area contributed by atoms with E-state index in [0.29, 0.717) is 6.04 Å². The van der Waals surface area contributed by atoms with Crippen molar-refractivity contribution in [1.29, 1.82) is 0 Å². The molecule has 0 bridgehead atoms. The first-order valence-corrected chi connectivity index (χ1v) is 9.72. The van der Waals surface area contributed by atoms with E-state index in [2.05, 4.69) is 27.8 Å². The van der Waals surface area contributed by atoms with Gasteiger partial charge in [-0.1, -0.05) is 31.5 Å². The van der Waals surface area contributed by atoms with E-state index in [4.69, 9.17) is 4.98 Å². The summed E-state index contributed by atoms with van der Waals surface area (Å²) in [6.07, 6.45) is 7.63. The number of aromatic nitrogens is 3. The number of carbonyl (C=O) groups is 1. The van der Waals surface area contributed by atoms with E-state index in [0.717, 1.165) is 46.2 Å². The average molecular weight is 459 g/mol. The van der Waals surface area contributed by atoms with Crippen LogP contribution in [0.15, 0.2) is 48.7 Å². The second-order valence-electron chi connectivity index (χ2n) is 7.45. The van der Waals surface area contributed by atoms with Gasteiger partial charge in [-0.05, 0) is 42.6 Å². The number of pyridine rings is 1. The van der Waals surface area contributed by atoms with E-state index in [1.807, 2.05) is 18.2 Å². The number of benzene rings is 2. The topological polar surface area (TPSA) is 68.0 Å². The minimum absolute atomic E-state index is 0. The molecule has 1 saturated carbocycles. The summed E-state index contributed by atoms with van der Waals surface area (Å²) in [5.74, 6) is -0.0391. The standard InChI is InChI=1S/C23H20N3O2.Y/c27-23(28)17-10-11-21-20(14-17)25-22(26(21)18-6-2-1-3-7-18)16-9-8-15-5-4-12-24-19(15)13-16;/h5,8-14,18H,1-3,6-7H2,(H,27,28);/q-1;. The number of hydrogen-bond donors (Lipinski definition) is 1. The molecule has 4 aromatic rings. The van der Waals surface area contributed by atoms with Crippen molar-refractivity contribution in [2.45, 2.75) is 38.1 Å². The molecule has 0 amide bonds. The number of hydrogen-bond acceptors (Lipinski definition) is 3. The first kappa shape index (κ1) is 20.2.